The molecule has 4 rings (SSSR count). The molecule has 2 atom stereocenters. The Balaban J connectivity index is 0.000000188. The van der Waals surface area contributed by atoms with Crippen LogP contribution in [0, 0.1) is 0 Å². The largest absolute Gasteiger partial charge is 0.391 e. The highest BCUT2D eigenvalue weighted by molar-refractivity contribution is 6.30. The molecule has 3 N–H and O–H groups in total. The van der Waals surface area contributed by atoms with Crippen LogP contribution in [-0.2, 0) is 11.3 Å². The predicted octanol–water partition coefficient (Wildman–Crippen LogP) is 2.74. The standard InChI is InChI=1S/C13H15N3O2.C8H8ClNO/c1-8-4-11(17)7-16(8)13(18)9-2-3-12-10(5-9)6-14-15-12;9-8-3-1-7(2-4-8)5-10-6-11/h2-3,5-6,8,11,17H,4,7H2,1H3,(H,14,15);1-4,6H,5H2,(H,10,11)/t8?,11-;/m1./s1. The Morgan fingerprint density at radius 2 is 2.10 bits per heavy atom. The second-order valence-corrected chi connectivity index (χ2v) is 7.43. The molecule has 1 aliphatic rings. The second-order valence-electron chi connectivity index (χ2n) is 6.99. The molecule has 0 bridgehead atoms. The number of nitrogens with one attached hydrogen (secondary N) is 2. The first kappa shape index (κ1) is 20.8. The molecule has 1 fully saturated rings. The molecular weight excluding hydrogens is 392 g/mol. The molecule has 1 aromatic heterocycles. The number of carbonyl (C=O) groups excluding carboxylic acids is 2. The zero-order chi connectivity index (χ0) is 20.8. The van der Waals surface area contributed by atoms with Gasteiger partial charge in [-0.1, -0.05) is 23.7 Å². The first-order valence-electron chi connectivity index (χ1n) is 9.31. The number of aliphatic hydroxyl groups excluding tert-OH is 1. The van der Waals surface area contributed by atoms with Gasteiger partial charge in [0.05, 0.1) is 17.8 Å². The number of carbonyl (C=O) groups is 2. The molecule has 2 aromatic carbocycles. The molecule has 7 nitrogen and oxygen atoms in total. The van der Waals surface area contributed by atoms with Gasteiger partial charge in [0.25, 0.3) is 5.91 Å². The van der Waals surface area contributed by atoms with E-state index >= 15 is 0 Å². The Bertz CT molecular complexity index is 973. The first-order chi connectivity index (χ1) is 14.0. The fourth-order valence-electron chi connectivity index (χ4n) is 3.29. The van der Waals surface area contributed by atoms with Crippen molar-refractivity contribution in [3.05, 3.63) is 64.8 Å². The lowest BCUT2D eigenvalue weighted by Gasteiger charge is -2.21. The maximum Gasteiger partial charge on any atom is 0.254 e. The quantitative estimate of drug-likeness (QED) is 0.571. The van der Waals surface area contributed by atoms with E-state index in [0.717, 1.165) is 16.5 Å². The second kappa shape index (κ2) is 9.54. The molecule has 0 aliphatic carbocycles. The molecule has 0 spiro atoms. The fraction of sp³-hybridized carbons (Fsp3) is 0.286. The van der Waals surface area contributed by atoms with Gasteiger partial charge in [0.2, 0.25) is 6.41 Å². The van der Waals surface area contributed by atoms with Crippen LogP contribution in [0.5, 0.6) is 0 Å². The smallest absolute Gasteiger partial charge is 0.254 e. The van der Waals surface area contributed by atoms with Crippen molar-refractivity contribution in [2.24, 2.45) is 0 Å². The Kier molecular flexibility index (Phi) is 6.85. The minimum atomic E-state index is -0.401. The van der Waals surface area contributed by atoms with Gasteiger partial charge >= 0.3 is 0 Å². The number of aromatic amines is 1. The molecule has 1 aliphatic heterocycles. The lowest BCUT2D eigenvalue weighted by molar-refractivity contribution is -0.109. The normalized spacial score (nSPS) is 18.2. The van der Waals surface area contributed by atoms with E-state index in [0.29, 0.717) is 36.5 Å². The maximum absolute atomic E-state index is 12.4. The summed E-state index contributed by atoms with van der Waals surface area (Å²) in [6.07, 6.45) is 2.63. The monoisotopic (exact) mass is 414 g/mol. The number of hydrogen-bond acceptors (Lipinski definition) is 4. The van der Waals surface area contributed by atoms with E-state index in [1.54, 1.807) is 29.3 Å². The number of aromatic nitrogens is 2. The van der Waals surface area contributed by atoms with Gasteiger partial charge in [-0.25, -0.2) is 0 Å². The molecule has 152 valence electrons. The zero-order valence-corrected chi connectivity index (χ0v) is 16.8. The number of halogens is 1. The summed E-state index contributed by atoms with van der Waals surface area (Å²) >= 11 is 5.66. The molecule has 3 aromatic rings. The van der Waals surface area contributed by atoms with Crippen molar-refractivity contribution >= 4 is 34.8 Å². The summed E-state index contributed by atoms with van der Waals surface area (Å²) in [7, 11) is 0. The predicted molar refractivity (Wildman–Crippen MR) is 112 cm³/mol. The number of amides is 2. The van der Waals surface area contributed by atoms with Crippen LogP contribution < -0.4 is 5.32 Å². The summed E-state index contributed by atoms with van der Waals surface area (Å²) in [6, 6.07) is 12.9. The van der Waals surface area contributed by atoms with Crippen LogP contribution in [0.1, 0.15) is 29.3 Å². The first-order valence-corrected chi connectivity index (χ1v) is 9.69. The summed E-state index contributed by atoms with van der Waals surface area (Å²) in [5.41, 5.74) is 2.60. The molecule has 1 saturated heterocycles. The van der Waals surface area contributed by atoms with E-state index in [9.17, 15) is 14.7 Å². The van der Waals surface area contributed by atoms with Gasteiger partial charge in [-0.15, -0.1) is 0 Å². The van der Waals surface area contributed by atoms with Crippen molar-refractivity contribution in [2.45, 2.75) is 32.0 Å². The zero-order valence-electron chi connectivity index (χ0n) is 16.0. The molecule has 29 heavy (non-hydrogen) atoms. The van der Waals surface area contributed by atoms with Crippen molar-refractivity contribution in [3.63, 3.8) is 0 Å². The summed E-state index contributed by atoms with van der Waals surface area (Å²) in [5, 5.41) is 20.6. The maximum atomic E-state index is 12.4. The van der Waals surface area contributed by atoms with Gasteiger partial charge in [-0.05, 0) is 49.2 Å². The van der Waals surface area contributed by atoms with Gasteiger partial charge in [0.15, 0.2) is 0 Å². The Labute approximate surface area is 173 Å². The van der Waals surface area contributed by atoms with Gasteiger partial charge in [0.1, 0.15) is 0 Å². The van der Waals surface area contributed by atoms with E-state index < -0.39 is 6.10 Å². The number of β-amino-alcohol motifs (C(OH)–C–C–N with tert-alkyl or cyclic N) is 1. The summed E-state index contributed by atoms with van der Waals surface area (Å²) < 4.78 is 0. The molecule has 0 saturated carbocycles. The van der Waals surface area contributed by atoms with E-state index in [-0.39, 0.29) is 11.9 Å². The minimum Gasteiger partial charge on any atom is -0.391 e. The lowest BCUT2D eigenvalue weighted by atomic mass is 10.1. The van der Waals surface area contributed by atoms with Gasteiger partial charge in [0, 0.05) is 35.1 Å². The van der Waals surface area contributed by atoms with Crippen LogP contribution in [0.4, 0.5) is 0 Å². The van der Waals surface area contributed by atoms with Crippen LogP contribution in [0.3, 0.4) is 0 Å². The van der Waals surface area contributed by atoms with Crippen molar-refractivity contribution in [3.8, 4) is 0 Å². The molecule has 8 heteroatoms. The number of rotatable bonds is 4. The summed E-state index contributed by atoms with van der Waals surface area (Å²) in [4.78, 5) is 24.0. The molecule has 2 heterocycles. The van der Waals surface area contributed by atoms with Crippen LogP contribution in [-0.4, -0.2) is 51.2 Å². The van der Waals surface area contributed by atoms with Crippen molar-refractivity contribution in [1.82, 2.24) is 20.4 Å². The average Bonchev–Trinajstić information content (AvgIpc) is 3.32. The number of nitrogens with zero attached hydrogens (tertiary/aromatic N) is 2. The number of hydrogen-bond donors (Lipinski definition) is 3. The summed E-state index contributed by atoms with van der Waals surface area (Å²) in [5.74, 6) is -0.0258. The van der Waals surface area contributed by atoms with Crippen LogP contribution in [0.2, 0.25) is 5.02 Å². The third-order valence-corrected chi connectivity index (χ3v) is 5.06. The number of aliphatic hydroxyl groups is 1. The van der Waals surface area contributed by atoms with E-state index in [1.807, 2.05) is 31.2 Å². The highest BCUT2D eigenvalue weighted by atomic mass is 35.5. The number of H-pyrrole nitrogens is 1. The van der Waals surface area contributed by atoms with Gasteiger partial charge < -0.3 is 15.3 Å². The van der Waals surface area contributed by atoms with Crippen molar-refractivity contribution < 1.29 is 14.7 Å². The van der Waals surface area contributed by atoms with Gasteiger partial charge in [-0.2, -0.15) is 5.10 Å². The third kappa shape index (κ3) is 5.34. The Morgan fingerprint density at radius 3 is 2.76 bits per heavy atom. The van der Waals surface area contributed by atoms with E-state index in [2.05, 4.69) is 15.5 Å². The van der Waals surface area contributed by atoms with Crippen molar-refractivity contribution in [1.29, 1.82) is 0 Å². The van der Waals surface area contributed by atoms with E-state index in [4.69, 9.17) is 11.6 Å². The molecule has 1 unspecified atom stereocenters. The topological polar surface area (TPSA) is 98.3 Å². The molecule has 0 radical (unpaired) electrons. The number of fused-ring (bicyclic) bond motifs is 1. The van der Waals surface area contributed by atoms with Crippen LogP contribution >= 0.6 is 11.6 Å². The fourth-order valence-corrected chi connectivity index (χ4v) is 3.41. The molecule has 2 amide bonds. The molecular formula is C21H23ClN4O3. The summed E-state index contributed by atoms with van der Waals surface area (Å²) in [6.45, 7) is 2.94. The highest BCUT2D eigenvalue weighted by Crippen LogP contribution is 2.21. The van der Waals surface area contributed by atoms with Crippen LogP contribution in [0.15, 0.2) is 48.7 Å². The Hall–Kier alpha value is -2.90. The number of benzene rings is 2. The van der Waals surface area contributed by atoms with Crippen molar-refractivity contribution in [2.75, 3.05) is 6.54 Å². The average molecular weight is 415 g/mol. The minimum absolute atomic E-state index is 0.0258. The lowest BCUT2D eigenvalue weighted by Crippen LogP contribution is -2.34. The highest BCUT2D eigenvalue weighted by Gasteiger charge is 2.31. The van der Waals surface area contributed by atoms with Gasteiger partial charge in [-0.3, -0.25) is 14.7 Å². The SMILES string of the molecule is CC1C[C@@H](O)CN1C(=O)c1ccc2[nH]ncc2c1.O=CNCc1ccc(Cl)cc1. The van der Waals surface area contributed by atoms with E-state index in [1.165, 1.54) is 0 Å². The van der Waals surface area contributed by atoms with Crippen LogP contribution in [0.25, 0.3) is 10.9 Å². The third-order valence-electron chi connectivity index (χ3n) is 4.80. The number of likely N-dealkylation sites (tertiary alicyclic amines) is 1. The Morgan fingerprint density at radius 1 is 1.34 bits per heavy atom.